The monoisotopic (exact) mass is 406 g/mol. The number of aromatic nitrogens is 2. The molecule has 5 nitrogen and oxygen atoms in total. The third-order valence-corrected chi connectivity index (χ3v) is 5.09. The molecule has 0 bridgehead atoms. The van der Waals surface area contributed by atoms with Crippen molar-refractivity contribution < 1.29 is 13.6 Å². The molecule has 0 saturated carbocycles. The van der Waals surface area contributed by atoms with Gasteiger partial charge in [-0.25, -0.2) is 13.8 Å². The summed E-state index contributed by atoms with van der Waals surface area (Å²) in [6.07, 6.45) is 4.46. The number of carbonyl (C=O) groups is 1. The van der Waals surface area contributed by atoms with E-state index in [1.807, 2.05) is 12.1 Å². The van der Waals surface area contributed by atoms with Gasteiger partial charge in [0, 0.05) is 36.3 Å². The predicted octanol–water partition coefficient (Wildman–Crippen LogP) is 3.07. The highest BCUT2D eigenvalue weighted by atomic mass is 35.5. The molecule has 2 unspecified atom stereocenters. The highest BCUT2D eigenvalue weighted by Gasteiger charge is 2.28. The SMILES string of the molecule is Cl.O=C(Cc1c[nH]c2ncccc12)NC1CNCCC1c1ccc(F)c(F)c1. The van der Waals surface area contributed by atoms with Gasteiger partial charge in [0.25, 0.3) is 0 Å². The summed E-state index contributed by atoms with van der Waals surface area (Å²) in [6, 6.07) is 7.55. The van der Waals surface area contributed by atoms with Gasteiger partial charge in [0.1, 0.15) is 5.65 Å². The lowest BCUT2D eigenvalue weighted by Gasteiger charge is -2.33. The fourth-order valence-electron chi connectivity index (χ4n) is 3.74. The van der Waals surface area contributed by atoms with Gasteiger partial charge in [0.2, 0.25) is 5.91 Å². The van der Waals surface area contributed by atoms with Crippen molar-refractivity contribution in [1.29, 1.82) is 0 Å². The molecule has 4 rings (SSSR count). The Balaban J connectivity index is 0.00000225. The van der Waals surface area contributed by atoms with Crippen LogP contribution in [0.3, 0.4) is 0 Å². The van der Waals surface area contributed by atoms with Crippen LogP contribution >= 0.6 is 12.4 Å². The van der Waals surface area contributed by atoms with Crippen LogP contribution in [0.5, 0.6) is 0 Å². The average Bonchev–Trinajstić information content (AvgIpc) is 3.07. The molecule has 1 aliphatic heterocycles. The first-order chi connectivity index (χ1) is 13.1. The van der Waals surface area contributed by atoms with Gasteiger partial charge in [-0.05, 0) is 48.4 Å². The van der Waals surface area contributed by atoms with Crippen molar-refractivity contribution >= 4 is 29.3 Å². The van der Waals surface area contributed by atoms with Crippen molar-refractivity contribution in [3.05, 3.63) is 65.5 Å². The Morgan fingerprint density at radius 1 is 1.25 bits per heavy atom. The fraction of sp³-hybridized carbons (Fsp3) is 0.300. The summed E-state index contributed by atoms with van der Waals surface area (Å²) < 4.78 is 26.9. The van der Waals surface area contributed by atoms with Crippen LogP contribution < -0.4 is 10.6 Å². The quantitative estimate of drug-likeness (QED) is 0.623. The molecule has 0 aliphatic carbocycles. The van der Waals surface area contributed by atoms with Gasteiger partial charge >= 0.3 is 0 Å². The molecule has 2 atom stereocenters. The minimum absolute atomic E-state index is 0. The first-order valence-electron chi connectivity index (χ1n) is 8.98. The van der Waals surface area contributed by atoms with E-state index in [1.165, 1.54) is 6.07 Å². The summed E-state index contributed by atoms with van der Waals surface area (Å²) in [7, 11) is 0. The van der Waals surface area contributed by atoms with E-state index in [0.29, 0.717) is 12.1 Å². The summed E-state index contributed by atoms with van der Waals surface area (Å²) in [5.74, 6) is -1.89. The molecule has 1 amide bonds. The first-order valence-corrected chi connectivity index (χ1v) is 8.98. The molecule has 3 aromatic rings. The van der Waals surface area contributed by atoms with E-state index in [0.717, 1.165) is 35.6 Å². The number of piperidine rings is 1. The number of fused-ring (bicyclic) bond motifs is 1. The Hall–Kier alpha value is -2.51. The van der Waals surface area contributed by atoms with Gasteiger partial charge in [-0.1, -0.05) is 6.07 Å². The number of hydrogen-bond acceptors (Lipinski definition) is 3. The molecule has 1 saturated heterocycles. The number of halogens is 3. The number of aromatic amines is 1. The summed E-state index contributed by atoms with van der Waals surface area (Å²) in [5, 5.41) is 7.23. The van der Waals surface area contributed by atoms with Crippen LogP contribution in [0.25, 0.3) is 11.0 Å². The molecular formula is C20H21ClF2N4O. The van der Waals surface area contributed by atoms with Crippen LogP contribution in [0.15, 0.2) is 42.7 Å². The van der Waals surface area contributed by atoms with Gasteiger partial charge in [0.15, 0.2) is 11.6 Å². The lowest BCUT2D eigenvalue weighted by Crippen LogP contribution is -2.50. The molecular weight excluding hydrogens is 386 g/mol. The summed E-state index contributed by atoms with van der Waals surface area (Å²) in [6.45, 7) is 1.36. The molecule has 0 spiro atoms. The Labute approximate surface area is 167 Å². The van der Waals surface area contributed by atoms with Crippen LogP contribution in [0.1, 0.15) is 23.5 Å². The van der Waals surface area contributed by atoms with Gasteiger partial charge in [0.05, 0.1) is 6.42 Å². The molecule has 1 aromatic carbocycles. The summed E-state index contributed by atoms with van der Waals surface area (Å²) >= 11 is 0. The van der Waals surface area contributed by atoms with Gasteiger partial charge in [-0.3, -0.25) is 4.79 Å². The highest BCUT2D eigenvalue weighted by molar-refractivity contribution is 5.87. The lowest BCUT2D eigenvalue weighted by atomic mass is 9.86. The Bertz CT molecular complexity index is 978. The number of rotatable bonds is 4. The van der Waals surface area contributed by atoms with E-state index in [-0.39, 0.29) is 36.7 Å². The van der Waals surface area contributed by atoms with Crippen LogP contribution in [0.2, 0.25) is 0 Å². The first kappa shape index (κ1) is 20.2. The Morgan fingerprint density at radius 3 is 2.93 bits per heavy atom. The lowest BCUT2D eigenvalue weighted by molar-refractivity contribution is -0.121. The second-order valence-corrected chi connectivity index (χ2v) is 6.84. The van der Waals surface area contributed by atoms with E-state index in [2.05, 4.69) is 20.6 Å². The minimum Gasteiger partial charge on any atom is -0.351 e. The van der Waals surface area contributed by atoms with Crippen LogP contribution in [0, 0.1) is 11.6 Å². The van der Waals surface area contributed by atoms with Crippen molar-refractivity contribution in [2.45, 2.75) is 24.8 Å². The van der Waals surface area contributed by atoms with Gasteiger partial charge < -0.3 is 15.6 Å². The van der Waals surface area contributed by atoms with Crippen LogP contribution in [-0.2, 0) is 11.2 Å². The zero-order chi connectivity index (χ0) is 18.8. The molecule has 28 heavy (non-hydrogen) atoms. The van der Waals surface area contributed by atoms with Crippen molar-refractivity contribution in [3.8, 4) is 0 Å². The molecule has 3 heterocycles. The Kier molecular flexibility index (Phi) is 6.26. The third kappa shape index (κ3) is 4.15. The van der Waals surface area contributed by atoms with E-state index < -0.39 is 11.6 Å². The van der Waals surface area contributed by atoms with Crippen molar-refractivity contribution in [2.75, 3.05) is 13.1 Å². The van der Waals surface area contributed by atoms with Gasteiger partial charge in [-0.15, -0.1) is 12.4 Å². The van der Waals surface area contributed by atoms with Crippen LogP contribution in [-0.4, -0.2) is 35.0 Å². The number of hydrogen-bond donors (Lipinski definition) is 3. The zero-order valence-electron chi connectivity index (χ0n) is 15.0. The maximum atomic E-state index is 13.6. The number of pyridine rings is 1. The van der Waals surface area contributed by atoms with Crippen molar-refractivity contribution in [2.24, 2.45) is 0 Å². The molecule has 1 aliphatic rings. The normalized spacial score (nSPS) is 19.2. The van der Waals surface area contributed by atoms with E-state index >= 15 is 0 Å². The summed E-state index contributed by atoms with van der Waals surface area (Å²) in [5.41, 5.74) is 2.33. The maximum Gasteiger partial charge on any atom is 0.224 e. The molecule has 8 heteroatoms. The average molecular weight is 407 g/mol. The number of H-pyrrole nitrogens is 1. The smallest absolute Gasteiger partial charge is 0.224 e. The number of carbonyl (C=O) groups excluding carboxylic acids is 1. The zero-order valence-corrected chi connectivity index (χ0v) is 15.9. The predicted molar refractivity (Wildman–Crippen MR) is 106 cm³/mol. The largest absolute Gasteiger partial charge is 0.351 e. The van der Waals surface area contributed by atoms with Crippen molar-refractivity contribution in [1.82, 2.24) is 20.6 Å². The third-order valence-electron chi connectivity index (χ3n) is 5.09. The number of benzene rings is 1. The standard InChI is InChI=1S/C20H20F2N4O.ClH/c21-16-4-3-12(8-17(16)22)14-5-7-23-11-18(14)26-19(27)9-13-10-25-20-15(13)2-1-6-24-20;/h1-4,6,8,10,14,18,23H,5,7,9,11H2,(H,24,25)(H,26,27);1H. The summed E-state index contributed by atoms with van der Waals surface area (Å²) in [4.78, 5) is 19.9. The fourth-order valence-corrected chi connectivity index (χ4v) is 3.74. The van der Waals surface area contributed by atoms with Crippen molar-refractivity contribution in [3.63, 3.8) is 0 Å². The molecule has 3 N–H and O–H groups in total. The second-order valence-electron chi connectivity index (χ2n) is 6.84. The van der Waals surface area contributed by atoms with Gasteiger partial charge in [-0.2, -0.15) is 0 Å². The molecule has 1 fully saturated rings. The maximum absolute atomic E-state index is 13.6. The minimum atomic E-state index is -0.860. The number of nitrogens with zero attached hydrogens (tertiary/aromatic N) is 1. The Morgan fingerprint density at radius 2 is 2.11 bits per heavy atom. The number of nitrogens with one attached hydrogen (secondary N) is 3. The topological polar surface area (TPSA) is 69.8 Å². The number of amides is 1. The van der Waals surface area contributed by atoms with E-state index in [9.17, 15) is 13.6 Å². The molecule has 2 aromatic heterocycles. The molecule has 0 radical (unpaired) electrons. The van der Waals surface area contributed by atoms with E-state index in [4.69, 9.17) is 0 Å². The second kappa shape index (κ2) is 8.67. The van der Waals surface area contributed by atoms with Crippen LogP contribution in [0.4, 0.5) is 8.78 Å². The highest BCUT2D eigenvalue weighted by Crippen LogP contribution is 2.27. The van der Waals surface area contributed by atoms with E-state index in [1.54, 1.807) is 18.5 Å². The molecule has 148 valence electrons.